The van der Waals surface area contributed by atoms with Gasteiger partial charge in [0.2, 0.25) is 0 Å². The van der Waals surface area contributed by atoms with Gasteiger partial charge in [0.05, 0.1) is 0 Å². The zero-order chi connectivity index (χ0) is 14.3. The van der Waals surface area contributed by atoms with Crippen LogP contribution in [-0.2, 0) is 23.9 Å². The fourth-order valence-corrected chi connectivity index (χ4v) is 1.31. The molecule has 0 radical (unpaired) electrons. The minimum absolute atomic E-state index is 0.0213. The zero-order valence-electron chi connectivity index (χ0n) is 11.2. The number of carbonyl (C=O) groups excluding carboxylic acids is 3. The largest absolute Gasteiger partial charge is 0.452 e. The number of hydrogen-bond acceptors (Lipinski definition) is 5. The van der Waals surface area contributed by atoms with E-state index in [9.17, 15) is 14.4 Å². The molecule has 0 aliphatic rings. The third kappa shape index (κ3) is 11.2. The summed E-state index contributed by atoms with van der Waals surface area (Å²) in [6.45, 7) is 0.0213. The minimum atomic E-state index is -0.318. The van der Waals surface area contributed by atoms with Gasteiger partial charge in [0, 0.05) is 26.4 Å². The van der Waals surface area contributed by atoms with Gasteiger partial charge in [-0.25, -0.2) is 0 Å². The summed E-state index contributed by atoms with van der Waals surface area (Å²) in [5.74, 6) is 5.15. The van der Waals surface area contributed by atoms with E-state index in [2.05, 4.69) is 11.8 Å². The van der Waals surface area contributed by atoms with Crippen LogP contribution < -0.4 is 0 Å². The molecule has 0 fully saturated rings. The molecule has 106 valence electrons. The van der Waals surface area contributed by atoms with Crippen molar-refractivity contribution in [1.29, 1.82) is 0 Å². The molecule has 1 atom stereocenters. The van der Waals surface area contributed by atoms with Gasteiger partial charge in [-0.05, 0) is 19.3 Å². The number of carbonyl (C=O) groups is 3. The lowest BCUT2D eigenvalue weighted by molar-refractivity contribution is -0.142. The predicted octanol–water partition coefficient (Wildman–Crippen LogP) is 1.29. The maximum Gasteiger partial charge on any atom is 0.306 e. The number of unbranched alkanes of at least 4 members (excludes halogenated alkanes) is 2. The number of hydrogen-bond donors (Lipinski definition) is 0. The lowest BCUT2D eigenvalue weighted by Gasteiger charge is -2.05. The fraction of sp³-hybridized carbons (Fsp3) is 0.643. The van der Waals surface area contributed by atoms with E-state index in [4.69, 9.17) is 9.47 Å². The molecule has 19 heavy (non-hydrogen) atoms. The summed E-state index contributed by atoms with van der Waals surface area (Å²) in [4.78, 5) is 31.5. The fourth-order valence-electron chi connectivity index (χ4n) is 1.31. The van der Waals surface area contributed by atoms with Crippen LogP contribution in [0.3, 0.4) is 0 Å². The van der Waals surface area contributed by atoms with Crippen LogP contribution in [0.25, 0.3) is 0 Å². The molecule has 0 aromatic rings. The quantitative estimate of drug-likeness (QED) is 0.258. The first kappa shape index (κ1) is 17.3. The Hall–Kier alpha value is -1.67. The SMILES string of the molecule is COC(C#CCOC(=O)CCCCC=O)CCC=O. The molecule has 0 aliphatic heterocycles. The van der Waals surface area contributed by atoms with E-state index >= 15 is 0 Å². The van der Waals surface area contributed by atoms with Crippen molar-refractivity contribution in [3.05, 3.63) is 0 Å². The van der Waals surface area contributed by atoms with E-state index in [1.54, 1.807) is 0 Å². The van der Waals surface area contributed by atoms with Gasteiger partial charge < -0.3 is 19.1 Å². The van der Waals surface area contributed by atoms with Crippen molar-refractivity contribution in [3.8, 4) is 11.8 Å². The van der Waals surface area contributed by atoms with E-state index in [1.807, 2.05) is 0 Å². The first-order valence-electron chi connectivity index (χ1n) is 6.28. The molecule has 0 aromatic heterocycles. The number of rotatable bonds is 10. The Labute approximate surface area is 113 Å². The third-order valence-electron chi connectivity index (χ3n) is 2.35. The summed E-state index contributed by atoms with van der Waals surface area (Å²) in [5, 5.41) is 0. The van der Waals surface area contributed by atoms with Crippen molar-refractivity contribution in [1.82, 2.24) is 0 Å². The van der Waals surface area contributed by atoms with Gasteiger partial charge in [-0.15, -0.1) is 0 Å². The first-order valence-corrected chi connectivity index (χ1v) is 6.28. The van der Waals surface area contributed by atoms with E-state index in [1.165, 1.54) is 7.11 Å². The molecular formula is C14H20O5. The minimum Gasteiger partial charge on any atom is -0.452 e. The Kier molecular flexibility index (Phi) is 11.7. The topological polar surface area (TPSA) is 69.7 Å². The van der Waals surface area contributed by atoms with Crippen LogP contribution in [0.2, 0.25) is 0 Å². The summed E-state index contributed by atoms with van der Waals surface area (Å²) in [6.07, 6.45) is 4.38. The molecule has 0 bridgehead atoms. The Morgan fingerprint density at radius 2 is 1.95 bits per heavy atom. The molecule has 5 heteroatoms. The summed E-state index contributed by atoms with van der Waals surface area (Å²) in [7, 11) is 1.52. The van der Waals surface area contributed by atoms with Gasteiger partial charge in [0.15, 0.2) is 6.61 Å². The molecule has 1 unspecified atom stereocenters. The molecule has 0 saturated carbocycles. The van der Waals surface area contributed by atoms with Gasteiger partial charge in [-0.3, -0.25) is 4.79 Å². The van der Waals surface area contributed by atoms with E-state index < -0.39 is 0 Å². The van der Waals surface area contributed by atoms with Crippen molar-refractivity contribution < 1.29 is 23.9 Å². The van der Waals surface area contributed by atoms with Crippen molar-refractivity contribution in [2.45, 2.75) is 44.6 Å². The van der Waals surface area contributed by atoms with Crippen LogP contribution in [0.15, 0.2) is 0 Å². The molecule has 0 aliphatic carbocycles. The molecule has 0 amide bonds. The second-order valence-electron chi connectivity index (χ2n) is 3.86. The maximum atomic E-state index is 11.2. The highest BCUT2D eigenvalue weighted by Gasteiger charge is 2.02. The molecule has 5 nitrogen and oxygen atoms in total. The molecule has 0 aromatic carbocycles. The summed E-state index contributed by atoms with van der Waals surface area (Å²) in [6, 6.07) is 0. The molecule has 0 N–H and O–H groups in total. The van der Waals surface area contributed by atoms with Crippen molar-refractivity contribution >= 4 is 18.5 Å². The molecule has 0 rings (SSSR count). The van der Waals surface area contributed by atoms with E-state index in [0.29, 0.717) is 38.5 Å². The monoisotopic (exact) mass is 268 g/mol. The lowest BCUT2D eigenvalue weighted by Crippen LogP contribution is -2.09. The average molecular weight is 268 g/mol. The standard InChI is InChI=1S/C14H20O5/c1-18-13(7-5-11-16)8-6-12-19-14(17)9-3-2-4-10-15/h10-11,13H,2-5,7,9,12H2,1H3. The number of methoxy groups -OCH3 is 1. The van der Waals surface area contributed by atoms with Crippen LogP contribution in [0.4, 0.5) is 0 Å². The highest BCUT2D eigenvalue weighted by Crippen LogP contribution is 2.00. The van der Waals surface area contributed by atoms with Crippen LogP contribution >= 0.6 is 0 Å². The van der Waals surface area contributed by atoms with Gasteiger partial charge in [-0.1, -0.05) is 11.8 Å². The highest BCUT2D eigenvalue weighted by atomic mass is 16.5. The van der Waals surface area contributed by atoms with Crippen molar-refractivity contribution in [2.75, 3.05) is 13.7 Å². The Bertz CT molecular complexity index is 326. The van der Waals surface area contributed by atoms with E-state index in [-0.39, 0.29) is 18.7 Å². The number of aldehydes is 2. The molecule has 0 spiro atoms. The summed E-state index contributed by atoms with van der Waals surface area (Å²) >= 11 is 0. The summed E-state index contributed by atoms with van der Waals surface area (Å²) in [5.41, 5.74) is 0. The second kappa shape index (κ2) is 12.8. The van der Waals surface area contributed by atoms with Crippen molar-refractivity contribution in [3.63, 3.8) is 0 Å². The summed E-state index contributed by atoms with van der Waals surface area (Å²) < 4.78 is 9.94. The Morgan fingerprint density at radius 1 is 1.21 bits per heavy atom. The lowest BCUT2D eigenvalue weighted by atomic mass is 10.2. The highest BCUT2D eigenvalue weighted by molar-refractivity contribution is 5.69. The normalized spacial score (nSPS) is 11.0. The molecule has 0 heterocycles. The van der Waals surface area contributed by atoms with Gasteiger partial charge in [-0.2, -0.15) is 0 Å². The zero-order valence-corrected chi connectivity index (χ0v) is 11.2. The van der Waals surface area contributed by atoms with Gasteiger partial charge in [0.1, 0.15) is 18.7 Å². The first-order chi connectivity index (χ1) is 9.24. The Balaban J connectivity index is 3.72. The number of ether oxygens (including phenoxy) is 2. The molecule has 0 saturated heterocycles. The van der Waals surface area contributed by atoms with Crippen LogP contribution in [0, 0.1) is 11.8 Å². The van der Waals surface area contributed by atoms with Crippen molar-refractivity contribution in [2.24, 2.45) is 0 Å². The van der Waals surface area contributed by atoms with Gasteiger partial charge in [0.25, 0.3) is 0 Å². The van der Waals surface area contributed by atoms with E-state index in [0.717, 1.165) is 12.6 Å². The van der Waals surface area contributed by atoms with Gasteiger partial charge >= 0.3 is 5.97 Å². The third-order valence-corrected chi connectivity index (χ3v) is 2.35. The average Bonchev–Trinajstić information content (AvgIpc) is 2.43. The van der Waals surface area contributed by atoms with Crippen LogP contribution in [0.1, 0.15) is 38.5 Å². The van der Waals surface area contributed by atoms with Crippen LogP contribution in [-0.4, -0.2) is 38.4 Å². The van der Waals surface area contributed by atoms with Crippen LogP contribution in [0.5, 0.6) is 0 Å². The number of esters is 1. The maximum absolute atomic E-state index is 11.2. The predicted molar refractivity (Wildman–Crippen MR) is 69.4 cm³/mol. The smallest absolute Gasteiger partial charge is 0.306 e. The second-order valence-corrected chi connectivity index (χ2v) is 3.86. The Morgan fingerprint density at radius 3 is 2.58 bits per heavy atom. The molecular weight excluding hydrogens is 248 g/mol.